The number of aryl methyl sites for hydroxylation is 2. The van der Waals surface area contributed by atoms with Gasteiger partial charge in [0.2, 0.25) is 18.2 Å². The molecule has 0 fully saturated rings. The Morgan fingerprint density at radius 1 is 0.710 bits per heavy atom. The van der Waals surface area contributed by atoms with Gasteiger partial charge in [-0.1, -0.05) is 71.2 Å². The molecule has 3 rings (SSSR count). The number of benzene rings is 3. The Balaban J connectivity index is 2.35. The highest BCUT2D eigenvalue weighted by molar-refractivity contribution is 8.01. The Bertz CT molecular complexity index is 1270. The van der Waals surface area contributed by atoms with Crippen molar-refractivity contribution in [2.75, 3.05) is 0 Å². The minimum absolute atomic E-state index is 0.0168. The second-order valence-electron chi connectivity index (χ2n) is 7.41. The average Bonchev–Trinajstić information content (AvgIpc) is 2.74. The molecule has 0 amide bonds. The number of carbonyl (C=O) groups is 2. The lowest BCUT2D eigenvalue weighted by molar-refractivity contribution is 0.104. The number of hydrogen-bond acceptors (Lipinski definition) is 3. The number of rotatable bonds is 5. The molecule has 0 radical (unpaired) electrons. The van der Waals surface area contributed by atoms with Crippen molar-refractivity contribution in [3.8, 4) is 0 Å². The van der Waals surface area contributed by atoms with Gasteiger partial charge in [0, 0.05) is 10.9 Å². The molecule has 3 aromatic rings. The smallest absolute Gasteiger partial charge is 0.248 e. The molecule has 0 saturated carbocycles. The minimum Gasteiger partial charge on any atom is -0.302 e. The van der Waals surface area contributed by atoms with Crippen LogP contribution in [0.5, 0.6) is 0 Å². The van der Waals surface area contributed by atoms with Gasteiger partial charge in [0.15, 0.2) is 0 Å². The van der Waals surface area contributed by atoms with E-state index in [4.69, 9.17) is 34.8 Å². The Kier molecular flexibility index (Phi) is 6.84. The van der Waals surface area contributed by atoms with Crippen LogP contribution in [0.3, 0.4) is 0 Å². The Labute approximate surface area is 196 Å². The second kappa shape index (κ2) is 8.92. The van der Waals surface area contributed by atoms with Crippen LogP contribution in [0, 0.1) is 27.7 Å². The topological polar surface area (TPSA) is 51.2 Å². The van der Waals surface area contributed by atoms with Crippen LogP contribution in [0.1, 0.15) is 43.0 Å². The van der Waals surface area contributed by atoms with Gasteiger partial charge in [0.25, 0.3) is 0 Å². The summed E-state index contributed by atoms with van der Waals surface area (Å²) >= 11 is 18.6. The van der Waals surface area contributed by atoms with Gasteiger partial charge < -0.3 is 4.57 Å². The van der Waals surface area contributed by atoms with Crippen LogP contribution in [0.25, 0.3) is 0 Å². The predicted molar refractivity (Wildman–Crippen MR) is 129 cm³/mol. The maximum Gasteiger partial charge on any atom is 0.248 e. The van der Waals surface area contributed by atoms with E-state index in [9.17, 15) is 14.2 Å². The lowest BCUT2D eigenvalue weighted by atomic mass is 9.95. The molecule has 160 valence electrons. The molecule has 3 aromatic carbocycles. The van der Waals surface area contributed by atoms with Crippen molar-refractivity contribution >= 4 is 58.3 Å². The molecule has 0 bridgehead atoms. The molecular formula is C24H20Cl3O3P. The van der Waals surface area contributed by atoms with Crippen molar-refractivity contribution in [3.63, 3.8) is 0 Å². The molecule has 0 saturated heterocycles. The van der Waals surface area contributed by atoms with Gasteiger partial charge in [-0.3, -0.25) is 9.59 Å². The standard InChI is InChI=1S/C24H20Cl3O3P/c1-13-12-14(2)20(16(4)15(13)3)23(28)31(30,17-8-6-5-7-9-17)24(29)21-18(25)10-11-19(26)22(21)27/h5-12H,1-4H3. The summed E-state index contributed by atoms with van der Waals surface area (Å²) in [6.07, 6.45) is 0. The molecule has 0 aliphatic heterocycles. The molecule has 0 spiro atoms. The third-order valence-electron chi connectivity index (χ3n) is 5.52. The quantitative estimate of drug-likeness (QED) is 0.272. The Hall–Kier alpha value is -1.90. The summed E-state index contributed by atoms with van der Waals surface area (Å²) < 4.78 is 14.5. The van der Waals surface area contributed by atoms with E-state index in [2.05, 4.69) is 0 Å². The first kappa shape index (κ1) is 23.8. The van der Waals surface area contributed by atoms with E-state index >= 15 is 0 Å². The molecular weight excluding hydrogens is 474 g/mol. The molecule has 31 heavy (non-hydrogen) atoms. The molecule has 7 heteroatoms. The van der Waals surface area contributed by atoms with Gasteiger partial charge in [-0.05, 0) is 62.1 Å². The van der Waals surface area contributed by atoms with Gasteiger partial charge in [-0.25, -0.2) is 0 Å². The van der Waals surface area contributed by atoms with Crippen molar-refractivity contribution in [3.05, 3.63) is 97.0 Å². The maximum atomic E-state index is 14.5. The molecule has 0 aliphatic rings. The van der Waals surface area contributed by atoms with E-state index in [0.717, 1.165) is 11.1 Å². The summed E-state index contributed by atoms with van der Waals surface area (Å²) in [6.45, 7) is 7.39. The minimum atomic E-state index is -4.37. The van der Waals surface area contributed by atoms with E-state index in [-0.39, 0.29) is 31.5 Å². The van der Waals surface area contributed by atoms with Gasteiger partial charge >= 0.3 is 0 Å². The zero-order valence-corrected chi connectivity index (χ0v) is 20.6. The summed E-state index contributed by atoms with van der Waals surface area (Å²) in [4.78, 5) is 27.6. The molecule has 0 aromatic heterocycles. The highest BCUT2D eigenvalue weighted by Gasteiger charge is 2.45. The summed E-state index contributed by atoms with van der Waals surface area (Å²) in [5.41, 5.74) is 1.64. The number of halogens is 3. The van der Waals surface area contributed by atoms with Crippen LogP contribution >= 0.6 is 41.9 Å². The van der Waals surface area contributed by atoms with Crippen molar-refractivity contribution in [1.82, 2.24) is 0 Å². The predicted octanol–water partition coefficient (Wildman–Crippen LogP) is 7.55. The zero-order valence-electron chi connectivity index (χ0n) is 17.4. The van der Waals surface area contributed by atoms with E-state index in [1.54, 1.807) is 32.0 Å². The number of carbonyl (C=O) groups excluding carboxylic acids is 2. The zero-order chi connectivity index (χ0) is 23.1. The van der Waals surface area contributed by atoms with Crippen LogP contribution in [0.15, 0.2) is 48.5 Å². The van der Waals surface area contributed by atoms with E-state index in [0.29, 0.717) is 11.1 Å². The van der Waals surface area contributed by atoms with Crippen LogP contribution in [-0.2, 0) is 4.57 Å². The van der Waals surface area contributed by atoms with Crippen LogP contribution in [-0.4, -0.2) is 11.0 Å². The van der Waals surface area contributed by atoms with E-state index in [1.165, 1.54) is 24.3 Å². The SMILES string of the molecule is Cc1cc(C)c(C(=O)P(=O)(C(=O)c2c(Cl)ccc(Cl)c2Cl)c2ccccc2)c(C)c1C. The highest BCUT2D eigenvalue weighted by atomic mass is 35.5. The third-order valence-corrected chi connectivity index (χ3v) is 9.26. The third kappa shape index (κ3) is 4.01. The lowest BCUT2D eigenvalue weighted by Gasteiger charge is -2.21. The summed E-state index contributed by atoms with van der Waals surface area (Å²) in [5.74, 6) is 0. The maximum absolute atomic E-state index is 14.5. The fourth-order valence-corrected chi connectivity index (χ4v) is 6.90. The second-order valence-corrected chi connectivity index (χ2v) is 11.1. The monoisotopic (exact) mass is 492 g/mol. The molecule has 3 nitrogen and oxygen atoms in total. The Morgan fingerprint density at radius 3 is 1.87 bits per heavy atom. The van der Waals surface area contributed by atoms with Crippen LogP contribution in [0.2, 0.25) is 15.1 Å². The van der Waals surface area contributed by atoms with Gasteiger partial charge in [0.1, 0.15) is 0 Å². The van der Waals surface area contributed by atoms with E-state index in [1.807, 2.05) is 19.9 Å². The first-order valence-electron chi connectivity index (χ1n) is 9.48. The molecule has 0 heterocycles. The van der Waals surface area contributed by atoms with Crippen molar-refractivity contribution in [2.24, 2.45) is 0 Å². The van der Waals surface area contributed by atoms with Crippen LogP contribution in [0.4, 0.5) is 0 Å². The van der Waals surface area contributed by atoms with Crippen LogP contribution < -0.4 is 5.30 Å². The summed E-state index contributed by atoms with van der Waals surface area (Å²) in [7, 11) is -4.37. The van der Waals surface area contributed by atoms with Gasteiger partial charge in [0.05, 0.1) is 20.6 Å². The summed E-state index contributed by atoms with van der Waals surface area (Å²) in [6, 6.07) is 12.7. The Morgan fingerprint density at radius 2 is 1.26 bits per heavy atom. The lowest BCUT2D eigenvalue weighted by Crippen LogP contribution is -2.22. The first-order valence-corrected chi connectivity index (χ1v) is 12.3. The fraction of sp³-hybridized carbons (Fsp3) is 0.167. The molecule has 1 atom stereocenters. The van der Waals surface area contributed by atoms with Crippen molar-refractivity contribution < 1.29 is 14.2 Å². The first-order chi connectivity index (χ1) is 14.5. The number of hydrogen-bond donors (Lipinski definition) is 0. The van der Waals surface area contributed by atoms with Gasteiger partial charge in [-0.2, -0.15) is 0 Å². The average molecular weight is 494 g/mol. The molecule has 0 aliphatic carbocycles. The molecule has 1 unspecified atom stereocenters. The fourth-order valence-electron chi connectivity index (χ4n) is 3.62. The van der Waals surface area contributed by atoms with Crippen molar-refractivity contribution in [1.29, 1.82) is 0 Å². The summed E-state index contributed by atoms with van der Waals surface area (Å²) in [5, 5.41) is 0.0581. The molecule has 0 N–H and O–H groups in total. The largest absolute Gasteiger partial charge is 0.302 e. The van der Waals surface area contributed by atoms with Crippen molar-refractivity contribution in [2.45, 2.75) is 27.7 Å². The van der Waals surface area contributed by atoms with E-state index < -0.39 is 18.2 Å². The van der Waals surface area contributed by atoms with Gasteiger partial charge in [-0.15, -0.1) is 0 Å². The normalized spacial score (nSPS) is 13.0. The highest BCUT2D eigenvalue weighted by Crippen LogP contribution is 2.54.